The number of hydrogen-bond donors (Lipinski definition) is 6. The van der Waals surface area contributed by atoms with Crippen LogP contribution in [0.4, 0.5) is 22.4 Å². The summed E-state index contributed by atoms with van der Waals surface area (Å²) in [6.07, 6.45) is -0.984. The molecule has 3 aromatic heterocycles. The minimum Gasteiger partial charge on any atom is -0.508 e. The van der Waals surface area contributed by atoms with Gasteiger partial charge in [-0.2, -0.15) is 13.2 Å². The number of aromatic nitrogens is 5. The van der Waals surface area contributed by atoms with E-state index >= 15 is 0 Å². The Balaban J connectivity index is 0.000000251. The van der Waals surface area contributed by atoms with Crippen molar-refractivity contribution >= 4 is 35.1 Å². The predicted octanol–water partition coefficient (Wildman–Crippen LogP) is 8.95. The molecule has 3 aliphatic rings. The number of aliphatic hydroxyl groups is 1. The van der Waals surface area contributed by atoms with E-state index in [4.69, 9.17) is 14.5 Å². The minimum atomic E-state index is -4.64. The Morgan fingerprint density at radius 2 is 1.55 bits per heavy atom. The lowest BCUT2D eigenvalue weighted by Gasteiger charge is -2.32. The number of likely N-dealkylation sites (tertiary alicyclic amines) is 1. The summed E-state index contributed by atoms with van der Waals surface area (Å²) in [5, 5.41) is 47.2. The number of hydrogen-bond acceptors (Lipinski definition) is 14. The van der Waals surface area contributed by atoms with Gasteiger partial charge in [-0.1, -0.05) is 64.1 Å². The second kappa shape index (κ2) is 27.7. The number of aldehydes is 1. The van der Waals surface area contributed by atoms with Crippen LogP contribution in [0.1, 0.15) is 125 Å². The molecular weight excluding hydrogens is 1120 g/mol. The first-order valence-corrected chi connectivity index (χ1v) is 28.6. The maximum Gasteiger partial charge on any atom is 0.407 e. The number of alkyl halides is 3. The van der Waals surface area contributed by atoms with E-state index in [1.165, 1.54) is 30.9 Å². The average Bonchev–Trinajstić information content (AvgIpc) is 1.51. The van der Waals surface area contributed by atoms with Gasteiger partial charge in [-0.25, -0.2) is 14.2 Å². The second-order valence-electron chi connectivity index (χ2n) is 21.6. The van der Waals surface area contributed by atoms with Gasteiger partial charge in [0, 0.05) is 67.1 Å². The number of piperidine rings is 1. The van der Waals surface area contributed by atoms with Gasteiger partial charge in [0.25, 0.3) is 17.4 Å². The highest BCUT2D eigenvalue weighted by molar-refractivity contribution is 5.93. The Hall–Kier alpha value is -8.54. The van der Waals surface area contributed by atoms with Crippen molar-refractivity contribution in [2.75, 3.05) is 40.4 Å². The lowest BCUT2D eigenvalue weighted by molar-refractivity contribution is -0.124. The van der Waals surface area contributed by atoms with Gasteiger partial charge < -0.3 is 50.1 Å². The number of pyridine rings is 2. The molecule has 19 nitrogen and oxygen atoms in total. The summed E-state index contributed by atoms with van der Waals surface area (Å²) in [5.74, 6) is -2.28. The topological polar surface area (TPSA) is 252 Å². The van der Waals surface area contributed by atoms with Crippen LogP contribution in [0.3, 0.4) is 0 Å². The molecule has 7 aromatic rings. The number of aryl methyl sites for hydroxylation is 2. The van der Waals surface area contributed by atoms with Gasteiger partial charge in [0.05, 0.1) is 35.6 Å². The van der Waals surface area contributed by atoms with E-state index in [0.29, 0.717) is 52.5 Å². The van der Waals surface area contributed by atoms with Crippen LogP contribution in [0.25, 0.3) is 39.4 Å². The Labute approximate surface area is 494 Å². The summed E-state index contributed by atoms with van der Waals surface area (Å²) < 4.78 is 66.3. The van der Waals surface area contributed by atoms with Crippen LogP contribution in [0.2, 0.25) is 0 Å². The van der Waals surface area contributed by atoms with E-state index in [-0.39, 0.29) is 77.0 Å². The number of fused-ring (bicyclic) bond motifs is 4. The van der Waals surface area contributed by atoms with Crippen molar-refractivity contribution in [3.8, 4) is 40.0 Å². The largest absolute Gasteiger partial charge is 0.508 e. The van der Waals surface area contributed by atoms with Gasteiger partial charge in [0.15, 0.2) is 18.7 Å². The van der Waals surface area contributed by atoms with E-state index in [9.17, 15) is 56.9 Å². The van der Waals surface area contributed by atoms with Gasteiger partial charge in [-0.3, -0.25) is 23.9 Å². The molecular formula is C63H71F4N9O10. The van der Waals surface area contributed by atoms with Gasteiger partial charge in [0.2, 0.25) is 5.82 Å². The van der Waals surface area contributed by atoms with Crippen LogP contribution in [-0.4, -0.2) is 115 Å². The maximum absolute atomic E-state index is 14.5. The van der Waals surface area contributed by atoms with Crippen molar-refractivity contribution in [2.45, 2.75) is 118 Å². The normalized spacial score (nSPS) is 14.1. The summed E-state index contributed by atoms with van der Waals surface area (Å²) in [4.78, 5) is 67.6. The SMILES string of the molecule is CC.CNC(=O)COC(=O)NCc1ccc(CN2CCC(Cc3ccc(-n4c(C(=O)NCC(F)(F)F)nnc4-c4cc(C(C)C)c(O)cc4O)cc3)CC2)cc1.COCc1c(C(O)C=O)cc2n(c1=O)Cc1c-2nc2cc(F)c(C)c3c2c1CCC3. The smallest absolute Gasteiger partial charge is 0.407 e. The van der Waals surface area contributed by atoms with E-state index in [2.05, 4.69) is 25.7 Å². The first kappa shape index (κ1) is 63.5. The van der Waals surface area contributed by atoms with Gasteiger partial charge in [-0.05, 0) is 134 Å². The van der Waals surface area contributed by atoms with Crippen LogP contribution in [0, 0.1) is 18.7 Å². The summed E-state index contributed by atoms with van der Waals surface area (Å²) in [6, 6.07) is 21.0. The van der Waals surface area contributed by atoms with Gasteiger partial charge in [-0.15, -0.1) is 10.2 Å². The highest BCUT2D eigenvalue weighted by Gasteiger charge is 2.33. The number of likely N-dealkylation sites (N-methyl/N-ethyl adjacent to an activating group) is 1. The molecule has 23 heteroatoms. The zero-order valence-corrected chi connectivity index (χ0v) is 49.0. The Morgan fingerprint density at radius 1 is 0.872 bits per heavy atom. The first-order valence-electron chi connectivity index (χ1n) is 28.6. The second-order valence-corrected chi connectivity index (χ2v) is 21.6. The number of amides is 3. The molecule has 0 radical (unpaired) electrons. The lowest BCUT2D eigenvalue weighted by Crippen LogP contribution is -2.35. The number of rotatable bonds is 17. The highest BCUT2D eigenvalue weighted by Crippen LogP contribution is 2.42. The van der Waals surface area contributed by atoms with Crippen LogP contribution < -0.4 is 21.5 Å². The fourth-order valence-corrected chi connectivity index (χ4v) is 11.2. The van der Waals surface area contributed by atoms with E-state index in [1.807, 2.05) is 69.4 Å². The van der Waals surface area contributed by atoms with Crippen molar-refractivity contribution in [3.05, 3.63) is 150 Å². The zero-order valence-electron chi connectivity index (χ0n) is 49.0. The molecule has 0 bridgehead atoms. The van der Waals surface area contributed by atoms with E-state index in [0.717, 1.165) is 103 Å². The number of phenolic OH excluding ortho intramolecular Hbond substituents is 2. The Morgan fingerprint density at radius 3 is 2.20 bits per heavy atom. The molecule has 6 N–H and O–H groups in total. The first-order chi connectivity index (χ1) is 41.2. The van der Waals surface area contributed by atoms with Crippen LogP contribution >= 0.6 is 0 Å². The number of benzene rings is 4. The molecule has 1 aliphatic carbocycles. The molecule has 1 fully saturated rings. The minimum absolute atomic E-state index is 0.00743. The molecule has 2 aliphatic heterocycles. The molecule has 1 atom stereocenters. The standard InChI is InChI=1S/C38H44F3N7O6.C23H21FN2O4.C2H6/c1-23(2)29-17-30(32(50)18-31(29)49)34-45-46-35(36(52)44-22-38(39,40)41)48(34)28-10-8-24(9-11-28)16-25-12-14-47(15-13-25)20-27-6-4-26(5-7-27)19-43-37(53)54-21-33(51)42-3;1-11-12-4-3-5-13-15-8-26-19(22(15)25-18(21(12)13)7-17(11)24)6-14(20(28)9-27)16(10-30-2)23(26)29;1-2/h4-11,17-18,23,25,49-50H,12-16,19-22H2,1-3H3,(H,42,51)(H,43,53)(H,44,52);6-7,9,20,28H,3-5,8,10H2,1-2H3;1-2H3. The fourth-order valence-electron chi connectivity index (χ4n) is 11.2. The van der Waals surface area contributed by atoms with Crippen LogP contribution in [-0.2, 0) is 64.6 Å². The maximum atomic E-state index is 14.5. The zero-order chi connectivity index (χ0) is 62.1. The van der Waals surface area contributed by atoms with Crippen molar-refractivity contribution < 1.29 is 61.5 Å². The number of aromatic hydroxyl groups is 2. The number of alkyl carbamates (subject to hydrolysis) is 1. The molecule has 4 aromatic carbocycles. The number of carbonyl (C=O) groups is 4. The molecule has 1 unspecified atom stereocenters. The molecule has 0 saturated carbocycles. The van der Waals surface area contributed by atoms with Crippen LogP contribution in [0.15, 0.2) is 77.6 Å². The third kappa shape index (κ3) is 14.2. The Kier molecular flexibility index (Phi) is 20.4. The third-order valence-electron chi connectivity index (χ3n) is 15.6. The number of methoxy groups -OCH3 is 1. The highest BCUT2D eigenvalue weighted by atomic mass is 19.4. The van der Waals surface area contributed by atoms with Crippen molar-refractivity contribution in [2.24, 2.45) is 5.92 Å². The van der Waals surface area contributed by atoms with Crippen LogP contribution in [0.5, 0.6) is 11.5 Å². The Bertz CT molecular complexity index is 3690. The lowest BCUT2D eigenvalue weighted by atomic mass is 9.85. The average molecular weight is 1190 g/mol. The van der Waals surface area contributed by atoms with E-state index in [1.54, 1.807) is 29.7 Å². The molecule has 0 spiro atoms. The third-order valence-corrected chi connectivity index (χ3v) is 15.6. The quantitative estimate of drug-likeness (QED) is 0.0368. The number of nitrogens with zero attached hydrogens (tertiary/aromatic N) is 6. The molecule has 3 amide bonds. The van der Waals surface area contributed by atoms with Gasteiger partial charge >= 0.3 is 12.3 Å². The number of phenols is 2. The predicted molar refractivity (Wildman–Crippen MR) is 313 cm³/mol. The number of halogens is 4. The molecule has 1 saturated heterocycles. The summed E-state index contributed by atoms with van der Waals surface area (Å²) in [5.41, 5.74) is 9.83. The van der Waals surface area contributed by atoms with Crippen molar-refractivity contribution in [1.82, 2.24) is 45.2 Å². The fraction of sp³-hybridized carbons (Fsp3) is 0.397. The molecule has 456 valence electrons. The summed E-state index contributed by atoms with van der Waals surface area (Å²) in [7, 11) is 2.92. The number of ether oxygens (including phenoxy) is 2. The number of aliphatic hydroxyl groups excluding tert-OH is 1. The summed E-state index contributed by atoms with van der Waals surface area (Å²) >= 11 is 0. The number of carbonyl (C=O) groups excluding carboxylic acids is 4. The molecule has 10 rings (SSSR count). The van der Waals surface area contributed by atoms with E-state index < -0.39 is 36.6 Å². The van der Waals surface area contributed by atoms with Crippen molar-refractivity contribution in [3.63, 3.8) is 0 Å². The monoisotopic (exact) mass is 1190 g/mol. The summed E-state index contributed by atoms with van der Waals surface area (Å²) in [6.45, 7) is 10.9. The number of nitrogens with one attached hydrogen (secondary N) is 3. The van der Waals surface area contributed by atoms with Gasteiger partial charge in [0.1, 0.15) is 30.0 Å². The van der Waals surface area contributed by atoms with Crippen molar-refractivity contribution in [1.29, 1.82) is 0 Å². The molecule has 86 heavy (non-hydrogen) atoms. The molecule has 5 heterocycles.